The lowest BCUT2D eigenvalue weighted by Crippen LogP contribution is -2.24. The number of pyridine rings is 1. The van der Waals surface area contributed by atoms with Crippen molar-refractivity contribution in [1.82, 2.24) is 4.98 Å². The molecule has 1 heterocycles. The first-order valence-electron chi connectivity index (χ1n) is 9.83. The summed E-state index contributed by atoms with van der Waals surface area (Å²) in [5.41, 5.74) is 3.91. The van der Waals surface area contributed by atoms with Crippen LogP contribution in [0.15, 0.2) is 91.0 Å². The molecule has 1 aromatic heterocycles. The number of para-hydroxylation sites is 1. The molecule has 140 valence electrons. The minimum absolute atomic E-state index is 0.145. The van der Waals surface area contributed by atoms with Gasteiger partial charge in [-0.2, -0.15) is 0 Å². The molecule has 0 amide bonds. The number of nitrogens with zero attached hydrogens (tertiary/aromatic N) is 1. The highest BCUT2D eigenvalue weighted by Crippen LogP contribution is 2.40. The Morgan fingerprint density at radius 2 is 1.23 bits per heavy atom. The number of benzene rings is 4. The summed E-state index contributed by atoms with van der Waals surface area (Å²) in [6.45, 7) is 0. The smallest absolute Gasteiger partial charge is 0.212 e. The molecule has 3 heteroatoms. The average molecular weight is 385 g/mol. The highest BCUT2D eigenvalue weighted by Gasteiger charge is 2.35. The molecule has 0 spiro atoms. The van der Waals surface area contributed by atoms with Gasteiger partial charge in [-0.3, -0.25) is 9.59 Å². The van der Waals surface area contributed by atoms with E-state index in [2.05, 4.69) is 4.98 Å². The van der Waals surface area contributed by atoms with Crippen LogP contribution in [0.2, 0.25) is 0 Å². The van der Waals surface area contributed by atoms with Crippen molar-refractivity contribution in [2.45, 2.75) is 0 Å². The Morgan fingerprint density at radius 1 is 0.533 bits per heavy atom. The highest BCUT2D eigenvalue weighted by molar-refractivity contribution is 6.34. The zero-order valence-corrected chi connectivity index (χ0v) is 15.9. The molecule has 0 atom stereocenters. The standard InChI is InChI=1S/C27H15NO2/c29-26-20-15-14-16-8-4-5-11-18(16)23(20)27(30)24-22(17-9-2-1-3-10-17)19-12-6-7-13-21(19)28-25(24)26/h1-15H. The Bertz CT molecular complexity index is 1520. The van der Waals surface area contributed by atoms with Crippen LogP contribution < -0.4 is 0 Å². The largest absolute Gasteiger partial charge is 0.288 e. The number of aromatic nitrogens is 1. The fraction of sp³-hybridized carbons (Fsp3) is 0. The lowest BCUT2D eigenvalue weighted by molar-refractivity contribution is 0.0977. The van der Waals surface area contributed by atoms with Crippen LogP contribution in [0.25, 0.3) is 32.8 Å². The van der Waals surface area contributed by atoms with Crippen molar-refractivity contribution < 1.29 is 9.59 Å². The number of carbonyl (C=O) groups excluding carboxylic acids is 2. The third-order valence-electron chi connectivity index (χ3n) is 5.80. The topological polar surface area (TPSA) is 47.0 Å². The minimum atomic E-state index is -0.201. The van der Waals surface area contributed by atoms with E-state index in [0.717, 1.165) is 27.3 Å². The van der Waals surface area contributed by atoms with Crippen molar-refractivity contribution in [2.24, 2.45) is 0 Å². The maximum Gasteiger partial charge on any atom is 0.212 e. The molecule has 0 saturated heterocycles. The Kier molecular flexibility index (Phi) is 3.47. The molecule has 0 saturated carbocycles. The molecule has 0 N–H and O–H groups in total. The molecule has 4 aromatic carbocycles. The van der Waals surface area contributed by atoms with E-state index < -0.39 is 0 Å². The molecule has 0 aliphatic heterocycles. The number of rotatable bonds is 1. The van der Waals surface area contributed by atoms with Gasteiger partial charge in [0.1, 0.15) is 5.69 Å². The molecule has 0 unspecified atom stereocenters. The maximum absolute atomic E-state index is 13.9. The van der Waals surface area contributed by atoms with Crippen LogP contribution in [0, 0.1) is 0 Å². The SMILES string of the molecule is O=C1c2ccc3ccccc3c2C(=O)c2c1nc1ccccc1c2-c1ccccc1. The summed E-state index contributed by atoms with van der Waals surface area (Å²) in [7, 11) is 0. The van der Waals surface area contributed by atoms with Gasteiger partial charge < -0.3 is 0 Å². The first-order chi connectivity index (χ1) is 14.7. The second kappa shape index (κ2) is 6.19. The van der Waals surface area contributed by atoms with Crippen LogP contribution in [0.3, 0.4) is 0 Å². The Hall–Kier alpha value is -4.11. The molecule has 1 aliphatic rings. The Morgan fingerprint density at radius 3 is 2.07 bits per heavy atom. The van der Waals surface area contributed by atoms with Gasteiger partial charge in [0.05, 0.1) is 11.1 Å². The molecule has 30 heavy (non-hydrogen) atoms. The van der Waals surface area contributed by atoms with Gasteiger partial charge in [0, 0.05) is 22.1 Å². The molecular weight excluding hydrogens is 370 g/mol. The fourth-order valence-corrected chi connectivity index (χ4v) is 4.46. The molecule has 1 aliphatic carbocycles. The molecule has 0 radical (unpaired) electrons. The van der Waals surface area contributed by atoms with Crippen molar-refractivity contribution in [3.8, 4) is 11.1 Å². The van der Waals surface area contributed by atoms with Crippen LogP contribution in [0.5, 0.6) is 0 Å². The van der Waals surface area contributed by atoms with Gasteiger partial charge in [0.15, 0.2) is 5.78 Å². The summed E-state index contributed by atoms with van der Waals surface area (Å²) in [5.74, 6) is -0.346. The first kappa shape index (κ1) is 16.8. The fourth-order valence-electron chi connectivity index (χ4n) is 4.46. The van der Waals surface area contributed by atoms with E-state index in [1.54, 1.807) is 6.07 Å². The van der Waals surface area contributed by atoms with E-state index in [0.29, 0.717) is 22.2 Å². The monoisotopic (exact) mass is 385 g/mol. The number of fused-ring (bicyclic) bond motifs is 5. The van der Waals surface area contributed by atoms with Gasteiger partial charge in [-0.05, 0) is 28.5 Å². The predicted octanol–water partition coefficient (Wildman–Crippen LogP) is 5.83. The van der Waals surface area contributed by atoms with Crippen LogP contribution in [0.1, 0.15) is 32.0 Å². The summed E-state index contributed by atoms with van der Waals surface area (Å²) in [6.07, 6.45) is 0. The summed E-state index contributed by atoms with van der Waals surface area (Å²) in [4.78, 5) is 32.1. The van der Waals surface area contributed by atoms with Gasteiger partial charge in [-0.25, -0.2) is 4.98 Å². The van der Waals surface area contributed by atoms with Gasteiger partial charge in [0.25, 0.3) is 0 Å². The number of carbonyl (C=O) groups is 2. The first-order valence-corrected chi connectivity index (χ1v) is 9.83. The number of hydrogen-bond acceptors (Lipinski definition) is 3. The van der Waals surface area contributed by atoms with Crippen LogP contribution in [0.4, 0.5) is 0 Å². The van der Waals surface area contributed by atoms with Gasteiger partial charge in [0.2, 0.25) is 5.78 Å². The Balaban J connectivity index is 1.78. The zero-order chi connectivity index (χ0) is 20.2. The van der Waals surface area contributed by atoms with Gasteiger partial charge in [-0.1, -0.05) is 78.9 Å². The molecule has 5 aromatic rings. The van der Waals surface area contributed by atoms with E-state index in [4.69, 9.17) is 0 Å². The summed E-state index contributed by atoms with van der Waals surface area (Å²) >= 11 is 0. The Labute approximate surface area is 172 Å². The van der Waals surface area contributed by atoms with Crippen molar-refractivity contribution >= 4 is 33.2 Å². The summed E-state index contributed by atoms with van der Waals surface area (Å²) in [6, 6.07) is 28.8. The number of ketones is 2. The van der Waals surface area contributed by atoms with E-state index in [1.165, 1.54) is 0 Å². The van der Waals surface area contributed by atoms with Crippen molar-refractivity contribution in [3.05, 3.63) is 113 Å². The molecular formula is C27H15NO2. The van der Waals surface area contributed by atoms with E-state index >= 15 is 0 Å². The quantitative estimate of drug-likeness (QED) is 0.358. The molecule has 3 nitrogen and oxygen atoms in total. The van der Waals surface area contributed by atoms with Crippen LogP contribution in [-0.4, -0.2) is 16.6 Å². The molecule has 0 bridgehead atoms. The second-order valence-corrected chi connectivity index (χ2v) is 7.46. The normalized spacial score (nSPS) is 12.8. The van der Waals surface area contributed by atoms with Crippen LogP contribution in [-0.2, 0) is 0 Å². The van der Waals surface area contributed by atoms with Gasteiger partial charge in [-0.15, -0.1) is 0 Å². The lowest BCUT2D eigenvalue weighted by Gasteiger charge is -2.22. The zero-order valence-electron chi connectivity index (χ0n) is 15.9. The molecule has 0 fully saturated rings. The predicted molar refractivity (Wildman–Crippen MR) is 118 cm³/mol. The lowest BCUT2D eigenvalue weighted by atomic mass is 9.80. The van der Waals surface area contributed by atoms with E-state index in [-0.39, 0.29) is 17.3 Å². The maximum atomic E-state index is 13.9. The van der Waals surface area contributed by atoms with E-state index in [1.807, 2.05) is 84.9 Å². The second-order valence-electron chi connectivity index (χ2n) is 7.46. The van der Waals surface area contributed by atoms with Crippen molar-refractivity contribution in [1.29, 1.82) is 0 Å². The third kappa shape index (κ3) is 2.23. The van der Waals surface area contributed by atoms with E-state index in [9.17, 15) is 9.59 Å². The third-order valence-corrected chi connectivity index (χ3v) is 5.80. The van der Waals surface area contributed by atoms with Gasteiger partial charge >= 0.3 is 0 Å². The average Bonchev–Trinajstić information content (AvgIpc) is 2.81. The van der Waals surface area contributed by atoms with Crippen LogP contribution >= 0.6 is 0 Å². The minimum Gasteiger partial charge on any atom is -0.288 e. The van der Waals surface area contributed by atoms with Crippen molar-refractivity contribution in [3.63, 3.8) is 0 Å². The summed E-state index contributed by atoms with van der Waals surface area (Å²) in [5, 5.41) is 2.61. The highest BCUT2D eigenvalue weighted by atomic mass is 16.1. The number of hydrogen-bond donors (Lipinski definition) is 0. The molecule has 6 rings (SSSR count). The summed E-state index contributed by atoms with van der Waals surface area (Å²) < 4.78 is 0. The van der Waals surface area contributed by atoms with Crippen molar-refractivity contribution in [2.75, 3.05) is 0 Å².